The Labute approximate surface area is 108 Å². The fourth-order valence-corrected chi connectivity index (χ4v) is 2.16. The van der Waals surface area contributed by atoms with E-state index in [9.17, 15) is 9.59 Å². The van der Waals surface area contributed by atoms with E-state index in [0.29, 0.717) is 5.58 Å². The molecule has 0 saturated heterocycles. The molecular formula is C15H11NO3. The average molecular weight is 253 g/mol. The SMILES string of the molecule is CNC(=O)c1cc2c(ccc3ccccc32)oc1=O. The van der Waals surface area contributed by atoms with E-state index in [1.807, 2.05) is 30.3 Å². The van der Waals surface area contributed by atoms with Crippen molar-refractivity contribution in [3.8, 4) is 0 Å². The number of carbonyl (C=O) groups is 1. The van der Waals surface area contributed by atoms with Gasteiger partial charge in [0.05, 0.1) is 0 Å². The number of nitrogens with one attached hydrogen (secondary N) is 1. The lowest BCUT2D eigenvalue weighted by Gasteiger charge is -2.04. The first-order chi connectivity index (χ1) is 9.20. The van der Waals surface area contributed by atoms with Gasteiger partial charge in [0.1, 0.15) is 11.1 Å². The zero-order chi connectivity index (χ0) is 13.4. The lowest BCUT2D eigenvalue weighted by molar-refractivity contribution is 0.0959. The van der Waals surface area contributed by atoms with E-state index in [0.717, 1.165) is 16.2 Å². The summed E-state index contributed by atoms with van der Waals surface area (Å²) in [5, 5.41) is 5.18. The van der Waals surface area contributed by atoms with Gasteiger partial charge in [-0.05, 0) is 22.9 Å². The maximum absolute atomic E-state index is 11.7. The van der Waals surface area contributed by atoms with Crippen molar-refractivity contribution in [1.29, 1.82) is 0 Å². The summed E-state index contributed by atoms with van der Waals surface area (Å²) < 4.78 is 5.21. The summed E-state index contributed by atoms with van der Waals surface area (Å²) in [4.78, 5) is 23.4. The molecule has 0 spiro atoms. The summed E-state index contributed by atoms with van der Waals surface area (Å²) >= 11 is 0. The minimum Gasteiger partial charge on any atom is -0.422 e. The molecule has 0 fully saturated rings. The van der Waals surface area contributed by atoms with Crippen molar-refractivity contribution in [2.24, 2.45) is 0 Å². The largest absolute Gasteiger partial charge is 0.422 e. The molecule has 0 bridgehead atoms. The van der Waals surface area contributed by atoms with Crippen LogP contribution < -0.4 is 10.9 Å². The third-order valence-corrected chi connectivity index (χ3v) is 3.11. The van der Waals surface area contributed by atoms with Crippen LogP contribution in [0, 0.1) is 0 Å². The molecular weight excluding hydrogens is 242 g/mol. The third kappa shape index (κ3) is 1.78. The van der Waals surface area contributed by atoms with Crippen LogP contribution in [0.15, 0.2) is 51.7 Å². The second kappa shape index (κ2) is 4.24. The summed E-state index contributed by atoms with van der Waals surface area (Å²) in [6, 6.07) is 13.0. The summed E-state index contributed by atoms with van der Waals surface area (Å²) in [7, 11) is 1.48. The van der Waals surface area contributed by atoms with Crippen LogP contribution in [-0.2, 0) is 0 Å². The van der Waals surface area contributed by atoms with E-state index < -0.39 is 11.5 Å². The predicted octanol–water partition coefficient (Wildman–Crippen LogP) is 2.31. The molecule has 0 aliphatic heterocycles. The molecule has 0 aliphatic rings. The maximum atomic E-state index is 11.7. The van der Waals surface area contributed by atoms with Gasteiger partial charge in [-0.2, -0.15) is 0 Å². The van der Waals surface area contributed by atoms with Gasteiger partial charge in [-0.25, -0.2) is 4.79 Å². The third-order valence-electron chi connectivity index (χ3n) is 3.11. The normalized spacial score (nSPS) is 10.8. The number of rotatable bonds is 1. The molecule has 4 heteroatoms. The van der Waals surface area contributed by atoms with Gasteiger partial charge in [0.25, 0.3) is 5.91 Å². The fourth-order valence-electron chi connectivity index (χ4n) is 2.16. The van der Waals surface area contributed by atoms with Crippen molar-refractivity contribution in [3.05, 3.63) is 58.4 Å². The Hall–Kier alpha value is -2.62. The van der Waals surface area contributed by atoms with Crippen LogP contribution in [0.1, 0.15) is 10.4 Å². The molecule has 1 aromatic heterocycles. The van der Waals surface area contributed by atoms with E-state index in [1.165, 1.54) is 7.05 Å². The zero-order valence-electron chi connectivity index (χ0n) is 10.3. The summed E-state index contributed by atoms with van der Waals surface area (Å²) in [6.07, 6.45) is 0. The molecule has 3 rings (SSSR count). The van der Waals surface area contributed by atoms with Crippen molar-refractivity contribution in [1.82, 2.24) is 5.32 Å². The van der Waals surface area contributed by atoms with Gasteiger partial charge in [-0.3, -0.25) is 4.79 Å². The first kappa shape index (κ1) is 11.5. The summed E-state index contributed by atoms with van der Waals surface area (Å²) in [5.41, 5.74) is -0.121. The number of hydrogen-bond donors (Lipinski definition) is 1. The maximum Gasteiger partial charge on any atom is 0.349 e. The van der Waals surface area contributed by atoms with E-state index in [-0.39, 0.29) is 5.56 Å². The minimum atomic E-state index is -0.623. The van der Waals surface area contributed by atoms with Gasteiger partial charge in [-0.15, -0.1) is 0 Å². The molecule has 1 heterocycles. The number of fused-ring (bicyclic) bond motifs is 3. The highest BCUT2D eigenvalue weighted by molar-refractivity contribution is 6.07. The van der Waals surface area contributed by atoms with Crippen molar-refractivity contribution < 1.29 is 9.21 Å². The van der Waals surface area contributed by atoms with E-state index in [2.05, 4.69) is 5.32 Å². The Morgan fingerprint density at radius 2 is 1.89 bits per heavy atom. The molecule has 0 atom stereocenters. The van der Waals surface area contributed by atoms with E-state index in [4.69, 9.17) is 4.42 Å². The van der Waals surface area contributed by atoms with Crippen LogP contribution in [0.2, 0.25) is 0 Å². The molecule has 3 aromatic rings. The van der Waals surface area contributed by atoms with Crippen LogP contribution in [0.25, 0.3) is 21.7 Å². The van der Waals surface area contributed by atoms with Crippen LogP contribution in [-0.4, -0.2) is 13.0 Å². The molecule has 1 amide bonds. The van der Waals surface area contributed by atoms with Gasteiger partial charge in [0, 0.05) is 12.4 Å². The first-order valence-corrected chi connectivity index (χ1v) is 5.88. The van der Waals surface area contributed by atoms with Gasteiger partial charge in [0.2, 0.25) is 0 Å². The quantitative estimate of drug-likeness (QED) is 0.534. The lowest BCUT2D eigenvalue weighted by Crippen LogP contribution is -2.24. The number of hydrogen-bond acceptors (Lipinski definition) is 3. The van der Waals surface area contributed by atoms with E-state index in [1.54, 1.807) is 12.1 Å². The number of carbonyl (C=O) groups excluding carboxylic acids is 1. The Morgan fingerprint density at radius 1 is 1.11 bits per heavy atom. The van der Waals surface area contributed by atoms with Gasteiger partial charge in [0.15, 0.2) is 0 Å². The topological polar surface area (TPSA) is 59.3 Å². The molecule has 94 valence electrons. The Kier molecular flexibility index (Phi) is 2.56. The fraction of sp³-hybridized carbons (Fsp3) is 0.0667. The first-order valence-electron chi connectivity index (χ1n) is 5.88. The van der Waals surface area contributed by atoms with Gasteiger partial charge in [-0.1, -0.05) is 30.3 Å². The van der Waals surface area contributed by atoms with Crippen molar-refractivity contribution >= 4 is 27.6 Å². The molecule has 2 aromatic carbocycles. The second-order valence-corrected chi connectivity index (χ2v) is 4.23. The summed E-state index contributed by atoms with van der Waals surface area (Å²) in [5.74, 6) is -0.441. The molecule has 4 nitrogen and oxygen atoms in total. The average Bonchev–Trinajstić information content (AvgIpc) is 2.45. The van der Waals surface area contributed by atoms with Crippen LogP contribution >= 0.6 is 0 Å². The highest BCUT2D eigenvalue weighted by atomic mass is 16.4. The van der Waals surface area contributed by atoms with Crippen LogP contribution in [0.4, 0.5) is 0 Å². The highest BCUT2D eigenvalue weighted by Gasteiger charge is 2.13. The smallest absolute Gasteiger partial charge is 0.349 e. The predicted molar refractivity (Wildman–Crippen MR) is 73.4 cm³/mol. The molecule has 1 N–H and O–H groups in total. The lowest BCUT2D eigenvalue weighted by atomic mass is 10.0. The van der Waals surface area contributed by atoms with Crippen LogP contribution in [0.5, 0.6) is 0 Å². The van der Waals surface area contributed by atoms with E-state index >= 15 is 0 Å². The number of amides is 1. The van der Waals surface area contributed by atoms with Crippen LogP contribution in [0.3, 0.4) is 0 Å². The van der Waals surface area contributed by atoms with Crippen molar-refractivity contribution in [2.75, 3.05) is 7.05 Å². The molecule has 0 aliphatic carbocycles. The molecule has 0 radical (unpaired) electrons. The molecule has 0 unspecified atom stereocenters. The second-order valence-electron chi connectivity index (χ2n) is 4.23. The highest BCUT2D eigenvalue weighted by Crippen LogP contribution is 2.24. The van der Waals surface area contributed by atoms with Crippen molar-refractivity contribution in [3.63, 3.8) is 0 Å². The molecule has 0 saturated carbocycles. The Bertz CT molecular complexity index is 849. The van der Waals surface area contributed by atoms with Gasteiger partial charge >= 0.3 is 5.63 Å². The Balaban J connectivity index is 2.45. The number of benzene rings is 2. The molecule has 19 heavy (non-hydrogen) atoms. The zero-order valence-corrected chi connectivity index (χ0v) is 10.3. The standard InChI is InChI=1S/C15H11NO3/c1-16-14(17)12-8-11-10-5-3-2-4-9(10)6-7-13(11)19-15(12)18/h2-8H,1H3,(H,16,17). The van der Waals surface area contributed by atoms with Gasteiger partial charge < -0.3 is 9.73 Å². The summed E-state index contributed by atoms with van der Waals surface area (Å²) in [6.45, 7) is 0. The monoisotopic (exact) mass is 253 g/mol. The minimum absolute atomic E-state index is 0.0198. The van der Waals surface area contributed by atoms with Crippen molar-refractivity contribution in [2.45, 2.75) is 0 Å². The Morgan fingerprint density at radius 3 is 2.68 bits per heavy atom.